The summed E-state index contributed by atoms with van der Waals surface area (Å²) < 4.78 is 16.4. The number of nitrogens with two attached hydrogens (primary N) is 1. The second-order valence-electron chi connectivity index (χ2n) is 4.99. The van der Waals surface area contributed by atoms with Crippen LogP contribution in [0.4, 0.5) is 0 Å². The summed E-state index contributed by atoms with van der Waals surface area (Å²) in [7, 11) is 0. The van der Waals surface area contributed by atoms with E-state index in [0.717, 1.165) is 22.1 Å². The Balaban J connectivity index is 2.46. The molecule has 5 heteroatoms. The normalized spacial score (nSPS) is 14.1. The molecule has 0 saturated carbocycles. The molecule has 0 bridgehead atoms. The minimum Gasteiger partial charge on any atom is -0.598 e. The quantitative estimate of drug-likeness (QED) is 0.828. The summed E-state index contributed by atoms with van der Waals surface area (Å²) in [6, 6.07) is 5.61. The van der Waals surface area contributed by atoms with Crippen LogP contribution in [0.2, 0.25) is 0 Å². The first-order chi connectivity index (χ1) is 8.44. The highest BCUT2D eigenvalue weighted by Crippen LogP contribution is 2.28. The van der Waals surface area contributed by atoms with Crippen LogP contribution >= 0.6 is 0 Å². The Hall–Kier alpha value is -1.01. The van der Waals surface area contributed by atoms with Crippen LogP contribution in [0.3, 0.4) is 0 Å². The second-order valence-corrected chi connectivity index (χ2v) is 6.69. The topological polar surface area (TPSA) is 82.5 Å². The van der Waals surface area contributed by atoms with Gasteiger partial charge < -0.3 is 14.1 Å². The summed E-state index contributed by atoms with van der Waals surface area (Å²) in [4.78, 5) is 0. The van der Waals surface area contributed by atoms with E-state index >= 15 is 0 Å². The number of furan rings is 1. The van der Waals surface area contributed by atoms with E-state index in [4.69, 9.17) is 9.56 Å². The van der Waals surface area contributed by atoms with Crippen molar-refractivity contribution in [2.75, 3.05) is 0 Å². The standard InChI is InChI=1S/C13H17NO3S/c1-13(2,18(14)16)7-11-6-9(8-15)5-10-3-4-17-12(10)11/h3-6,15H,7-8,14H2,1-2H3. The molecule has 18 heavy (non-hydrogen) atoms. The lowest BCUT2D eigenvalue weighted by atomic mass is 9.98. The largest absolute Gasteiger partial charge is 0.598 e. The van der Waals surface area contributed by atoms with Crippen molar-refractivity contribution < 1.29 is 14.1 Å². The molecule has 0 saturated heterocycles. The molecule has 1 atom stereocenters. The predicted octanol–water partition coefficient (Wildman–Crippen LogP) is 1.87. The Morgan fingerprint density at radius 3 is 2.78 bits per heavy atom. The number of benzene rings is 1. The fourth-order valence-electron chi connectivity index (χ4n) is 1.98. The predicted molar refractivity (Wildman–Crippen MR) is 72.2 cm³/mol. The van der Waals surface area contributed by atoms with Gasteiger partial charge in [0.1, 0.15) is 10.3 Å². The molecule has 0 aliphatic carbocycles. The number of rotatable bonds is 4. The van der Waals surface area contributed by atoms with E-state index in [9.17, 15) is 9.66 Å². The molecule has 2 aromatic rings. The first-order valence-electron chi connectivity index (χ1n) is 5.70. The third kappa shape index (κ3) is 2.54. The summed E-state index contributed by atoms with van der Waals surface area (Å²) in [6.07, 6.45) is 2.15. The SMILES string of the molecule is CC(C)(Cc1cc(CO)cc2ccoc12)[S+](N)[O-]. The van der Waals surface area contributed by atoms with Crippen LogP contribution in [0.15, 0.2) is 28.9 Å². The molecule has 0 fully saturated rings. The van der Waals surface area contributed by atoms with Gasteiger partial charge in [-0.2, -0.15) is 5.14 Å². The first kappa shape index (κ1) is 13.4. The molecule has 0 spiro atoms. The van der Waals surface area contributed by atoms with Crippen molar-refractivity contribution in [3.05, 3.63) is 35.6 Å². The lowest BCUT2D eigenvalue weighted by molar-refractivity contribution is 0.282. The van der Waals surface area contributed by atoms with Crippen molar-refractivity contribution in [1.82, 2.24) is 0 Å². The maximum absolute atomic E-state index is 11.5. The molecule has 0 aliphatic rings. The average Bonchev–Trinajstić information content (AvgIpc) is 2.76. The van der Waals surface area contributed by atoms with Crippen molar-refractivity contribution in [3.63, 3.8) is 0 Å². The number of hydrogen-bond donors (Lipinski definition) is 2. The van der Waals surface area contributed by atoms with Gasteiger partial charge in [0.25, 0.3) is 0 Å². The highest BCUT2D eigenvalue weighted by Gasteiger charge is 2.31. The molecule has 0 aliphatic heterocycles. The Kier molecular flexibility index (Phi) is 3.68. The molecule has 4 nitrogen and oxygen atoms in total. The smallest absolute Gasteiger partial charge is 0.143 e. The summed E-state index contributed by atoms with van der Waals surface area (Å²) in [6.45, 7) is 3.67. The van der Waals surface area contributed by atoms with Gasteiger partial charge in [0.05, 0.1) is 12.9 Å². The van der Waals surface area contributed by atoms with Crippen molar-refractivity contribution >= 4 is 22.3 Å². The van der Waals surface area contributed by atoms with Gasteiger partial charge in [-0.15, -0.1) is 0 Å². The Morgan fingerprint density at radius 2 is 2.17 bits per heavy atom. The minimum atomic E-state index is -1.42. The van der Waals surface area contributed by atoms with E-state index in [-0.39, 0.29) is 6.61 Å². The number of aliphatic hydroxyl groups excluding tert-OH is 1. The maximum atomic E-state index is 11.5. The third-order valence-corrected chi connectivity index (χ3v) is 4.26. The lowest BCUT2D eigenvalue weighted by Gasteiger charge is -2.24. The van der Waals surface area contributed by atoms with Crippen LogP contribution in [-0.4, -0.2) is 14.4 Å². The zero-order chi connectivity index (χ0) is 13.3. The summed E-state index contributed by atoms with van der Waals surface area (Å²) in [5, 5.41) is 15.7. The van der Waals surface area contributed by atoms with Crippen LogP contribution in [0.1, 0.15) is 25.0 Å². The highest BCUT2D eigenvalue weighted by molar-refractivity contribution is 7.90. The molecule has 1 aromatic carbocycles. The van der Waals surface area contributed by atoms with Crippen molar-refractivity contribution in [1.29, 1.82) is 0 Å². The molecule has 3 N–H and O–H groups in total. The monoisotopic (exact) mass is 267 g/mol. The molecule has 0 amide bonds. The van der Waals surface area contributed by atoms with E-state index in [1.807, 2.05) is 32.0 Å². The van der Waals surface area contributed by atoms with Crippen molar-refractivity contribution in [2.45, 2.75) is 31.6 Å². The van der Waals surface area contributed by atoms with Gasteiger partial charge in [-0.1, -0.05) is 0 Å². The van der Waals surface area contributed by atoms with Gasteiger partial charge in [-0.05, 0) is 37.6 Å². The van der Waals surface area contributed by atoms with E-state index < -0.39 is 16.1 Å². The average molecular weight is 267 g/mol. The summed E-state index contributed by atoms with van der Waals surface area (Å²) >= 11 is -1.42. The fraction of sp³-hybridized carbons (Fsp3) is 0.385. The Labute approximate surface area is 109 Å². The van der Waals surface area contributed by atoms with E-state index in [1.54, 1.807) is 6.26 Å². The van der Waals surface area contributed by atoms with Gasteiger partial charge >= 0.3 is 0 Å². The molecule has 98 valence electrons. The van der Waals surface area contributed by atoms with Crippen LogP contribution in [0.5, 0.6) is 0 Å². The number of aliphatic hydroxyl groups is 1. The highest BCUT2D eigenvalue weighted by atomic mass is 32.2. The van der Waals surface area contributed by atoms with Gasteiger partial charge in [0.15, 0.2) is 0 Å². The Morgan fingerprint density at radius 1 is 1.44 bits per heavy atom. The first-order valence-corrected chi connectivity index (χ1v) is 6.91. The van der Waals surface area contributed by atoms with Gasteiger partial charge in [0, 0.05) is 28.7 Å². The van der Waals surface area contributed by atoms with Gasteiger partial charge in [-0.25, -0.2) is 0 Å². The minimum absolute atomic E-state index is 0.0275. The van der Waals surface area contributed by atoms with Crippen molar-refractivity contribution in [2.24, 2.45) is 5.14 Å². The molecular weight excluding hydrogens is 250 g/mol. The molecule has 1 aromatic heterocycles. The van der Waals surface area contributed by atoms with Gasteiger partial charge in [0.2, 0.25) is 0 Å². The van der Waals surface area contributed by atoms with Crippen molar-refractivity contribution in [3.8, 4) is 0 Å². The van der Waals surface area contributed by atoms with E-state index in [2.05, 4.69) is 0 Å². The van der Waals surface area contributed by atoms with E-state index in [0.29, 0.717) is 6.42 Å². The molecular formula is C13H17NO3S. The number of hydrogen-bond acceptors (Lipinski definition) is 4. The van der Waals surface area contributed by atoms with Crippen LogP contribution in [-0.2, 0) is 24.4 Å². The third-order valence-electron chi connectivity index (χ3n) is 3.03. The Bertz CT molecular complexity index is 548. The fourth-order valence-corrected chi connectivity index (χ4v) is 2.27. The van der Waals surface area contributed by atoms with Crippen LogP contribution < -0.4 is 5.14 Å². The van der Waals surface area contributed by atoms with Gasteiger partial charge in [-0.3, -0.25) is 0 Å². The molecule has 2 rings (SSSR count). The summed E-state index contributed by atoms with van der Waals surface area (Å²) in [5.74, 6) is 0. The molecule has 1 unspecified atom stereocenters. The van der Waals surface area contributed by atoms with Crippen LogP contribution in [0, 0.1) is 0 Å². The molecule has 0 radical (unpaired) electrons. The van der Waals surface area contributed by atoms with Crippen LogP contribution in [0.25, 0.3) is 11.0 Å². The maximum Gasteiger partial charge on any atom is 0.143 e. The second kappa shape index (κ2) is 4.93. The zero-order valence-electron chi connectivity index (χ0n) is 10.5. The molecule has 1 heterocycles. The zero-order valence-corrected chi connectivity index (χ0v) is 11.3. The summed E-state index contributed by atoms with van der Waals surface area (Å²) in [5.41, 5.74) is 2.51. The lowest BCUT2D eigenvalue weighted by Crippen LogP contribution is -2.39. The number of fused-ring (bicyclic) bond motifs is 1. The van der Waals surface area contributed by atoms with E-state index in [1.165, 1.54) is 0 Å².